The van der Waals surface area contributed by atoms with Gasteiger partial charge >= 0.3 is 0 Å². The Morgan fingerprint density at radius 3 is 2.58 bits per heavy atom. The molecule has 0 spiro atoms. The number of rotatable bonds is 8. The van der Waals surface area contributed by atoms with E-state index in [1.165, 1.54) is 0 Å². The van der Waals surface area contributed by atoms with E-state index in [1.807, 2.05) is 85.4 Å². The zero-order valence-electron chi connectivity index (χ0n) is 17.8. The number of hydrogen-bond acceptors (Lipinski definition) is 4. The maximum absolute atomic E-state index is 12.4. The van der Waals surface area contributed by atoms with Gasteiger partial charge in [-0.1, -0.05) is 24.3 Å². The van der Waals surface area contributed by atoms with Crippen LogP contribution in [-0.2, 0) is 6.61 Å². The van der Waals surface area contributed by atoms with Crippen LogP contribution in [0.3, 0.4) is 0 Å². The minimum Gasteiger partial charge on any atom is -0.487 e. The second kappa shape index (κ2) is 9.34. The number of ether oxygens (including phenoxy) is 1. The second-order valence-corrected chi connectivity index (χ2v) is 7.48. The van der Waals surface area contributed by atoms with E-state index in [0.717, 1.165) is 29.1 Å². The topological polar surface area (TPSA) is 58.9 Å². The number of nitrogens with one attached hydrogen (secondary N) is 1. The molecule has 31 heavy (non-hydrogen) atoms. The summed E-state index contributed by atoms with van der Waals surface area (Å²) < 4.78 is 7.84. The van der Waals surface area contributed by atoms with Crippen LogP contribution < -0.4 is 15.0 Å². The SMILES string of the molecule is Cc1cccn2cc(COc3ccc(C(=O)NCCN(C)c4ccccc4)cc3)nc12. The smallest absolute Gasteiger partial charge is 0.251 e. The predicted octanol–water partition coefficient (Wildman–Crippen LogP) is 4.09. The molecule has 0 saturated carbocycles. The quantitative estimate of drug-likeness (QED) is 0.472. The molecule has 158 valence electrons. The number of nitrogens with zero attached hydrogens (tertiary/aromatic N) is 3. The van der Waals surface area contributed by atoms with Crippen LogP contribution in [-0.4, -0.2) is 35.4 Å². The maximum atomic E-state index is 12.4. The summed E-state index contributed by atoms with van der Waals surface area (Å²) in [6.07, 6.45) is 3.94. The fraction of sp³-hybridized carbons (Fsp3) is 0.200. The summed E-state index contributed by atoms with van der Waals surface area (Å²) in [7, 11) is 2.01. The molecule has 6 heteroatoms. The van der Waals surface area contributed by atoms with E-state index < -0.39 is 0 Å². The van der Waals surface area contributed by atoms with E-state index in [2.05, 4.69) is 15.2 Å². The first-order valence-electron chi connectivity index (χ1n) is 10.3. The van der Waals surface area contributed by atoms with Crippen LogP contribution in [0.15, 0.2) is 79.1 Å². The predicted molar refractivity (Wildman–Crippen MR) is 123 cm³/mol. The highest BCUT2D eigenvalue weighted by atomic mass is 16.5. The van der Waals surface area contributed by atoms with Gasteiger partial charge in [-0.2, -0.15) is 0 Å². The van der Waals surface area contributed by atoms with Gasteiger partial charge in [-0.05, 0) is 55.0 Å². The van der Waals surface area contributed by atoms with E-state index >= 15 is 0 Å². The highest BCUT2D eigenvalue weighted by Crippen LogP contribution is 2.16. The molecule has 0 saturated heterocycles. The van der Waals surface area contributed by atoms with Crippen molar-refractivity contribution in [3.05, 3.63) is 95.9 Å². The molecule has 0 bridgehead atoms. The van der Waals surface area contributed by atoms with Gasteiger partial charge in [0.15, 0.2) is 0 Å². The van der Waals surface area contributed by atoms with Crippen LogP contribution in [0.25, 0.3) is 5.65 Å². The van der Waals surface area contributed by atoms with Crippen molar-refractivity contribution in [2.24, 2.45) is 0 Å². The highest BCUT2D eigenvalue weighted by Gasteiger charge is 2.08. The van der Waals surface area contributed by atoms with Gasteiger partial charge in [-0.15, -0.1) is 0 Å². The number of para-hydroxylation sites is 1. The molecule has 0 fully saturated rings. The number of amides is 1. The first-order valence-corrected chi connectivity index (χ1v) is 10.3. The van der Waals surface area contributed by atoms with Gasteiger partial charge < -0.3 is 19.4 Å². The minimum absolute atomic E-state index is 0.0937. The van der Waals surface area contributed by atoms with Crippen LogP contribution in [0, 0.1) is 6.92 Å². The summed E-state index contributed by atoms with van der Waals surface area (Å²) in [5, 5.41) is 2.96. The van der Waals surface area contributed by atoms with Crippen molar-refractivity contribution in [1.29, 1.82) is 0 Å². The second-order valence-electron chi connectivity index (χ2n) is 7.48. The van der Waals surface area contributed by atoms with Crippen LogP contribution in [0.1, 0.15) is 21.6 Å². The molecule has 2 aromatic heterocycles. The molecule has 0 aliphatic carbocycles. The van der Waals surface area contributed by atoms with Gasteiger partial charge in [-0.3, -0.25) is 4.79 Å². The molecule has 0 aliphatic rings. The van der Waals surface area contributed by atoms with Crippen molar-refractivity contribution in [2.75, 3.05) is 25.0 Å². The van der Waals surface area contributed by atoms with Gasteiger partial charge in [0.1, 0.15) is 18.0 Å². The van der Waals surface area contributed by atoms with Gasteiger partial charge in [-0.25, -0.2) is 4.98 Å². The summed E-state index contributed by atoms with van der Waals surface area (Å²) >= 11 is 0. The number of carbonyl (C=O) groups is 1. The number of fused-ring (bicyclic) bond motifs is 1. The van der Waals surface area contributed by atoms with Crippen LogP contribution >= 0.6 is 0 Å². The fourth-order valence-electron chi connectivity index (χ4n) is 3.38. The molecular formula is C25H26N4O2. The van der Waals surface area contributed by atoms with Crippen molar-refractivity contribution in [3.63, 3.8) is 0 Å². The third-order valence-corrected chi connectivity index (χ3v) is 5.16. The maximum Gasteiger partial charge on any atom is 0.251 e. The molecule has 4 rings (SSSR count). The molecule has 0 aliphatic heterocycles. The average molecular weight is 415 g/mol. The first kappa shape index (κ1) is 20.5. The Kier molecular flexibility index (Phi) is 6.17. The molecule has 1 N–H and O–H groups in total. The number of pyridine rings is 1. The Morgan fingerprint density at radius 1 is 1.06 bits per heavy atom. The third-order valence-electron chi connectivity index (χ3n) is 5.16. The van der Waals surface area contributed by atoms with Crippen LogP contribution in [0.2, 0.25) is 0 Å². The Hall–Kier alpha value is -3.80. The summed E-state index contributed by atoms with van der Waals surface area (Å²) in [5.74, 6) is 0.609. The van der Waals surface area contributed by atoms with Gasteiger partial charge in [0.05, 0.1) is 5.69 Å². The normalized spacial score (nSPS) is 10.8. The molecule has 2 heterocycles. The molecule has 1 amide bonds. The fourth-order valence-corrected chi connectivity index (χ4v) is 3.38. The van der Waals surface area contributed by atoms with Crippen molar-refractivity contribution in [3.8, 4) is 5.75 Å². The molecular weight excluding hydrogens is 388 g/mol. The monoisotopic (exact) mass is 414 g/mol. The van der Waals surface area contributed by atoms with Crippen molar-refractivity contribution >= 4 is 17.2 Å². The largest absolute Gasteiger partial charge is 0.487 e. The van der Waals surface area contributed by atoms with E-state index in [1.54, 1.807) is 12.1 Å². The van der Waals surface area contributed by atoms with Crippen LogP contribution in [0.4, 0.5) is 5.69 Å². The van der Waals surface area contributed by atoms with E-state index in [4.69, 9.17) is 4.74 Å². The number of carbonyl (C=O) groups excluding carboxylic acids is 1. The van der Waals surface area contributed by atoms with Crippen molar-refractivity contribution in [1.82, 2.24) is 14.7 Å². The number of benzene rings is 2. The lowest BCUT2D eigenvalue weighted by atomic mass is 10.2. The highest BCUT2D eigenvalue weighted by molar-refractivity contribution is 5.94. The summed E-state index contributed by atoms with van der Waals surface area (Å²) in [6, 6.07) is 21.3. The van der Waals surface area contributed by atoms with Gasteiger partial charge in [0.25, 0.3) is 5.91 Å². The number of aryl methyl sites for hydroxylation is 1. The summed E-state index contributed by atoms with van der Waals surface area (Å²) in [5.41, 5.74) is 4.65. The lowest BCUT2D eigenvalue weighted by Crippen LogP contribution is -2.32. The molecule has 2 aromatic carbocycles. The Labute approximate surface area is 182 Å². The van der Waals surface area contributed by atoms with Crippen LogP contribution in [0.5, 0.6) is 5.75 Å². The van der Waals surface area contributed by atoms with E-state index in [-0.39, 0.29) is 5.91 Å². The molecule has 4 aromatic rings. The first-order chi connectivity index (χ1) is 15.1. The van der Waals surface area contributed by atoms with Gasteiger partial charge in [0.2, 0.25) is 0 Å². The van der Waals surface area contributed by atoms with E-state index in [0.29, 0.717) is 24.5 Å². The number of anilines is 1. The molecule has 0 atom stereocenters. The molecule has 6 nitrogen and oxygen atoms in total. The number of hydrogen-bond donors (Lipinski definition) is 1. The third kappa shape index (κ3) is 5.04. The number of imidazole rings is 1. The molecule has 0 radical (unpaired) electrons. The Bertz CT molecular complexity index is 1150. The van der Waals surface area contributed by atoms with Crippen molar-refractivity contribution in [2.45, 2.75) is 13.5 Å². The lowest BCUT2D eigenvalue weighted by Gasteiger charge is -2.19. The van der Waals surface area contributed by atoms with E-state index in [9.17, 15) is 4.79 Å². The van der Waals surface area contributed by atoms with Gasteiger partial charge in [0, 0.05) is 43.8 Å². The average Bonchev–Trinajstić information content (AvgIpc) is 3.23. The zero-order chi connectivity index (χ0) is 21.6. The minimum atomic E-state index is -0.0937. The lowest BCUT2D eigenvalue weighted by molar-refractivity contribution is 0.0954. The standard InChI is InChI=1S/C25H26N4O2/c1-19-7-6-15-29-17-21(27-24(19)29)18-31-23-12-10-20(11-13-23)25(30)26-14-16-28(2)22-8-4-3-5-9-22/h3-13,15,17H,14,16,18H2,1-2H3,(H,26,30). The Balaban J connectivity index is 1.27. The summed E-state index contributed by atoms with van der Waals surface area (Å²) in [6.45, 7) is 3.71. The molecule has 0 unspecified atom stereocenters. The Morgan fingerprint density at radius 2 is 1.84 bits per heavy atom. The zero-order valence-corrected chi connectivity index (χ0v) is 17.8. The number of aromatic nitrogens is 2. The number of likely N-dealkylation sites (N-methyl/N-ethyl adjacent to an activating group) is 1. The van der Waals surface area contributed by atoms with Crippen molar-refractivity contribution < 1.29 is 9.53 Å². The summed E-state index contributed by atoms with van der Waals surface area (Å²) in [4.78, 5) is 19.1.